The SMILES string of the molecule is CCCCCCCc1ccccc1O[PH](=O)Oc1ccccc1CCCCCCC. The van der Waals surface area contributed by atoms with Crippen LogP contribution in [0.2, 0.25) is 0 Å². The van der Waals surface area contributed by atoms with Crippen molar-refractivity contribution in [2.45, 2.75) is 90.9 Å². The van der Waals surface area contributed by atoms with E-state index in [9.17, 15) is 4.57 Å². The number of benzene rings is 2. The first-order chi connectivity index (χ1) is 14.7. The van der Waals surface area contributed by atoms with Gasteiger partial charge in [0.15, 0.2) is 0 Å². The van der Waals surface area contributed by atoms with Gasteiger partial charge in [0.25, 0.3) is 0 Å². The second-order valence-electron chi connectivity index (χ2n) is 8.00. The molecule has 0 bridgehead atoms. The number of rotatable bonds is 16. The molecule has 0 unspecified atom stereocenters. The van der Waals surface area contributed by atoms with Crippen molar-refractivity contribution in [3.8, 4) is 11.5 Å². The van der Waals surface area contributed by atoms with E-state index in [4.69, 9.17) is 9.05 Å². The van der Waals surface area contributed by atoms with Crippen molar-refractivity contribution in [3.63, 3.8) is 0 Å². The lowest BCUT2D eigenvalue weighted by atomic mass is 10.0. The van der Waals surface area contributed by atoms with Gasteiger partial charge < -0.3 is 9.05 Å². The zero-order valence-corrected chi connectivity index (χ0v) is 19.8. The van der Waals surface area contributed by atoms with Gasteiger partial charge in [-0.25, -0.2) is 4.57 Å². The molecule has 0 heterocycles. The monoisotopic (exact) mass is 430 g/mol. The third kappa shape index (κ3) is 9.39. The smallest absolute Gasteiger partial charge is 0.418 e. The van der Waals surface area contributed by atoms with E-state index in [0.29, 0.717) is 11.5 Å². The average molecular weight is 431 g/mol. The summed E-state index contributed by atoms with van der Waals surface area (Å²) >= 11 is 0. The van der Waals surface area contributed by atoms with Crippen molar-refractivity contribution < 1.29 is 13.6 Å². The zero-order valence-electron chi connectivity index (χ0n) is 18.8. The van der Waals surface area contributed by atoms with Crippen molar-refractivity contribution in [2.24, 2.45) is 0 Å². The summed E-state index contributed by atoms with van der Waals surface area (Å²) in [6.07, 6.45) is 14.2. The molecule has 3 nitrogen and oxygen atoms in total. The topological polar surface area (TPSA) is 35.5 Å². The third-order valence-electron chi connectivity index (χ3n) is 5.43. The van der Waals surface area contributed by atoms with Crippen LogP contribution in [0.25, 0.3) is 0 Å². The van der Waals surface area contributed by atoms with Crippen molar-refractivity contribution in [2.75, 3.05) is 0 Å². The van der Waals surface area contributed by atoms with Gasteiger partial charge in [-0.3, -0.25) is 0 Å². The highest BCUT2D eigenvalue weighted by atomic mass is 31.1. The van der Waals surface area contributed by atoms with Crippen LogP contribution in [0.3, 0.4) is 0 Å². The van der Waals surface area contributed by atoms with Crippen molar-refractivity contribution >= 4 is 8.25 Å². The van der Waals surface area contributed by atoms with Crippen LogP contribution in [-0.4, -0.2) is 0 Å². The summed E-state index contributed by atoms with van der Waals surface area (Å²) in [5.41, 5.74) is 2.22. The molecular weight excluding hydrogens is 391 g/mol. The Morgan fingerprint density at radius 3 is 1.43 bits per heavy atom. The van der Waals surface area contributed by atoms with Crippen LogP contribution < -0.4 is 9.05 Å². The molecule has 0 spiro atoms. The van der Waals surface area contributed by atoms with E-state index in [2.05, 4.69) is 26.0 Å². The molecule has 0 radical (unpaired) electrons. The molecule has 0 aliphatic heterocycles. The minimum atomic E-state index is -2.67. The van der Waals surface area contributed by atoms with E-state index in [-0.39, 0.29) is 0 Å². The Hall–Kier alpha value is -1.73. The fraction of sp³-hybridized carbons (Fsp3) is 0.538. The van der Waals surface area contributed by atoms with Crippen molar-refractivity contribution in [1.82, 2.24) is 0 Å². The lowest BCUT2D eigenvalue weighted by molar-refractivity contribution is 0.411. The molecule has 0 aliphatic rings. The molecule has 0 atom stereocenters. The second kappa shape index (κ2) is 15.1. The molecule has 4 heteroatoms. The van der Waals surface area contributed by atoms with Gasteiger partial charge in [0.05, 0.1) is 0 Å². The normalized spacial score (nSPS) is 11.0. The average Bonchev–Trinajstić information content (AvgIpc) is 2.75. The Bertz CT molecular complexity index is 683. The molecular formula is C26H39O3P. The zero-order chi connectivity index (χ0) is 21.4. The first-order valence-corrected chi connectivity index (χ1v) is 13.0. The molecule has 2 aromatic carbocycles. The molecule has 166 valence electrons. The summed E-state index contributed by atoms with van der Waals surface area (Å²) in [6, 6.07) is 15.8. The number of aryl methyl sites for hydroxylation is 2. The summed E-state index contributed by atoms with van der Waals surface area (Å²) in [6.45, 7) is 4.46. The van der Waals surface area contributed by atoms with Gasteiger partial charge in [0, 0.05) is 0 Å². The molecule has 0 amide bonds. The minimum absolute atomic E-state index is 0.689. The van der Waals surface area contributed by atoms with Gasteiger partial charge in [0.2, 0.25) is 0 Å². The maximum Gasteiger partial charge on any atom is 0.418 e. The molecule has 30 heavy (non-hydrogen) atoms. The Balaban J connectivity index is 1.88. The molecule has 0 saturated heterocycles. The van der Waals surface area contributed by atoms with E-state index < -0.39 is 8.25 Å². The lowest BCUT2D eigenvalue weighted by Crippen LogP contribution is -1.96. The Kier molecular flexibility index (Phi) is 12.4. The maximum absolute atomic E-state index is 12.7. The summed E-state index contributed by atoms with van der Waals surface area (Å²) < 4.78 is 24.2. The number of para-hydroxylation sites is 2. The third-order valence-corrected chi connectivity index (χ3v) is 6.20. The van der Waals surface area contributed by atoms with Gasteiger partial charge in [-0.05, 0) is 48.9 Å². The molecule has 0 N–H and O–H groups in total. The van der Waals surface area contributed by atoms with Gasteiger partial charge in [0.1, 0.15) is 11.5 Å². The van der Waals surface area contributed by atoms with Crippen LogP contribution in [0.1, 0.15) is 89.2 Å². The van der Waals surface area contributed by atoms with Crippen LogP contribution >= 0.6 is 8.25 Å². The molecule has 2 rings (SSSR count). The number of hydrogen-bond acceptors (Lipinski definition) is 3. The second-order valence-corrected chi connectivity index (χ2v) is 8.91. The van der Waals surface area contributed by atoms with Gasteiger partial charge >= 0.3 is 8.25 Å². The highest BCUT2D eigenvalue weighted by Crippen LogP contribution is 2.35. The molecule has 0 aromatic heterocycles. The number of unbranched alkanes of at least 4 members (excludes halogenated alkanes) is 8. The lowest BCUT2D eigenvalue weighted by Gasteiger charge is -2.14. The fourth-order valence-electron chi connectivity index (χ4n) is 3.66. The van der Waals surface area contributed by atoms with E-state index in [1.54, 1.807) is 0 Å². The minimum Gasteiger partial charge on any atom is -0.418 e. The van der Waals surface area contributed by atoms with Crippen LogP contribution in [-0.2, 0) is 17.4 Å². The first kappa shape index (κ1) is 24.5. The van der Waals surface area contributed by atoms with Crippen molar-refractivity contribution in [1.29, 1.82) is 0 Å². The van der Waals surface area contributed by atoms with Crippen molar-refractivity contribution in [3.05, 3.63) is 59.7 Å². The predicted octanol–water partition coefficient (Wildman–Crippen LogP) is 8.56. The Morgan fingerprint density at radius 1 is 0.600 bits per heavy atom. The van der Waals surface area contributed by atoms with E-state index >= 15 is 0 Å². The highest BCUT2D eigenvalue weighted by Gasteiger charge is 2.11. The highest BCUT2D eigenvalue weighted by molar-refractivity contribution is 7.34. The largest absolute Gasteiger partial charge is 0.418 e. The van der Waals surface area contributed by atoms with Crippen LogP contribution in [0.5, 0.6) is 11.5 Å². The summed E-state index contributed by atoms with van der Waals surface area (Å²) in [7, 11) is -2.67. The first-order valence-electron chi connectivity index (χ1n) is 11.8. The van der Waals surface area contributed by atoms with Crippen LogP contribution in [0, 0.1) is 0 Å². The Morgan fingerprint density at radius 2 is 1.00 bits per heavy atom. The molecule has 0 aliphatic carbocycles. The number of hydrogen-bond donors (Lipinski definition) is 0. The summed E-state index contributed by atoms with van der Waals surface area (Å²) in [5.74, 6) is 1.38. The Labute approximate surface area is 184 Å². The quantitative estimate of drug-likeness (QED) is 0.198. The van der Waals surface area contributed by atoms with Gasteiger partial charge in [-0.1, -0.05) is 102 Å². The molecule has 0 saturated carbocycles. The van der Waals surface area contributed by atoms with E-state index in [0.717, 1.165) is 36.8 Å². The van der Waals surface area contributed by atoms with Gasteiger partial charge in [-0.2, -0.15) is 0 Å². The maximum atomic E-state index is 12.7. The van der Waals surface area contributed by atoms with Gasteiger partial charge in [-0.15, -0.1) is 0 Å². The predicted molar refractivity (Wildman–Crippen MR) is 128 cm³/mol. The summed E-state index contributed by atoms with van der Waals surface area (Å²) in [4.78, 5) is 0. The van der Waals surface area contributed by atoms with E-state index in [1.165, 1.54) is 51.4 Å². The van der Waals surface area contributed by atoms with Crippen LogP contribution in [0.4, 0.5) is 0 Å². The molecule has 0 fully saturated rings. The van der Waals surface area contributed by atoms with E-state index in [1.807, 2.05) is 36.4 Å². The fourth-order valence-corrected chi connectivity index (χ4v) is 4.46. The molecule has 2 aromatic rings. The standard InChI is InChI=1S/C26H39O3P/c1-3-5-7-9-11-17-23-19-13-15-21-25(23)28-30(27)29-26-22-16-14-20-24(26)18-12-10-8-6-4-2/h13-16,19-22,30H,3-12,17-18H2,1-2H3. The summed E-state index contributed by atoms with van der Waals surface area (Å²) in [5, 5.41) is 0. The van der Waals surface area contributed by atoms with Crippen LogP contribution in [0.15, 0.2) is 48.5 Å².